The van der Waals surface area contributed by atoms with E-state index < -0.39 is 0 Å². The lowest BCUT2D eigenvalue weighted by atomic mass is 10.1. The van der Waals surface area contributed by atoms with Crippen LogP contribution in [0.25, 0.3) is 10.2 Å². The molecule has 3 heterocycles. The van der Waals surface area contributed by atoms with Crippen molar-refractivity contribution in [2.75, 3.05) is 44.9 Å². The summed E-state index contributed by atoms with van der Waals surface area (Å²) in [6.07, 6.45) is 0. The third kappa shape index (κ3) is 5.04. The molecule has 32 heavy (non-hydrogen) atoms. The van der Waals surface area contributed by atoms with E-state index in [1.165, 1.54) is 11.3 Å². The van der Waals surface area contributed by atoms with Crippen LogP contribution in [0.2, 0.25) is 5.02 Å². The first-order valence-corrected chi connectivity index (χ1v) is 11.9. The molecule has 1 aliphatic rings. The van der Waals surface area contributed by atoms with Crippen LogP contribution in [-0.2, 0) is 22.6 Å². The summed E-state index contributed by atoms with van der Waals surface area (Å²) in [5.41, 5.74) is 1.94. The van der Waals surface area contributed by atoms with Gasteiger partial charge in [0.2, 0.25) is 0 Å². The predicted molar refractivity (Wildman–Crippen MR) is 128 cm³/mol. The first kappa shape index (κ1) is 22.9. The number of esters is 1. The van der Waals surface area contributed by atoms with E-state index >= 15 is 0 Å². The van der Waals surface area contributed by atoms with Crippen LogP contribution < -0.4 is 4.90 Å². The highest BCUT2D eigenvalue weighted by atomic mass is 35.5. The van der Waals surface area contributed by atoms with Crippen molar-refractivity contribution in [1.82, 2.24) is 14.9 Å². The number of nitrogens with zero attached hydrogens (tertiary/aromatic N) is 4. The van der Waals surface area contributed by atoms with Crippen LogP contribution in [0.4, 0.5) is 5.82 Å². The average molecular weight is 475 g/mol. The van der Waals surface area contributed by atoms with E-state index in [4.69, 9.17) is 31.0 Å². The topological polar surface area (TPSA) is 67.8 Å². The maximum absolute atomic E-state index is 12.5. The number of hydrogen-bond acceptors (Lipinski definition) is 8. The summed E-state index contributed by atoms with van der Waals surface area (Å²) in [6.45, 7) is 8.50. The number of thiophene rings is 1. The molecule has 170 valence electrons. The Kier molecular flexibility index (Phi) is 7.25. The van der Waals surface area contributed by atoms with Crippen molar-refractivity contribution in [3.8, 4) is 0 Å². The molecule has 2 aromatic heterocycles. The number of rotatable bonds is 7. The lowest BCUT2D eigenvalue weighted by molar-refractivity contribution is 0.0331. The fraction of sp³-hybridized carbons (Fsp3) is 0.435. The van der Waals surface area contributed by atoms with E-state index in [1.807, 2.05) is 45.2 Å². The molecule has 0 saturated carbocycles. The normalized spacial score (nSPS) is 14.6. The lowest BCUT2D eigenvalue weighted by Gasteiger charge is -2.26. The number of ether oxygens (including phenoxy) is 2. The van der Waals surface area contributed by atoms with Gasteiger partial charge in [0, 0.05) is 31.7 Å². The van der Waals surface area contributed by atoms with E-state index in [0.717, 1.165) is 59.3 Å². The molecule has 7 nitrogen and oxygen atoms in total. The zero-order chi connectivity index (χ0) is 22.7. The van der Waals surface area contributed by atoms with Gasteiger partial charge in [0.25, 0.3) is 0 Å². The van der Waals surface area contributed by atoms with Gasteiger partial charge in [0.15, 0.2) is 0 Å². The molecule has 0 N–H and O–H groups in total. The molecule has 1 saturated heterocycles. The highest BCUT2D eigenvalue weighted by Gasteiger charge is 2.24. The first-order chi connectivity index (χ1) is 15.5. The summed E-state index contributed by atoms with van der Waals surface area (Å²) in [5, 5.41) is 1.60. The van der Waals surface area contributed by atoms with Gasteiger partial charge in [-0.1, -0.05) is 23.7 Å². The van der Waals surface area contributed by atoms with Gasteiger partial charge in [-0.2, -0.15) is 0 Å². The van der Waals surface area contributed by atoms with Crippen molar-refractivity contribution >= 4 is 44.9 Å². The van der Waals surface area contributed by atoms with E-state index in [1.54, 1.807) is 0 Å². The third-order valence-electron chi connectivity index (χ3n) is 5.42. The molecule has 0 unspecified atom stereocenters. The Hall–Kier alpha value is -2.26. The molecule has 0 aliphatic carbocycles. The minimum absolute atomic E-state index is 0.314. The van der Waals surface area contributed by atoms with E-state index in [2.05, 4.69) is 9.80 Å². The summed E-state index contributed by atoms with van der Waals surface area (Å²) in [4.78, 5) is 28.1. The number of aromatic nitrogens is 2. The Bertz CT molecular complexity index is 1110. The summed E-state index contributed by atoms with van der Waals surface area (Å²) in [7, 11) is 2.00. The van der Waals surface area contributed by atoms with Crippen molar-refractivity contribution < 1.29 is 14.3 Å². The van der Waals surface area contributed by atoms with Crippen LogP contribution in [0.5, 0.6) is 0 Å². The Morgan fingerprint density at radius 1 is 1.31 bits per heavy atom. The second kappa shape index (κ2) is 10.1. The van der Waals surface area contributed by atoms with Crippen LogP contribution in [0.1, 0.15) is 33.5 Å². The van der Waals surface area contributed by atoms with Gasteiger partial charge in [0.05, 0.1) is 31.8 Å². The summed E-state index contributed by atoms with van der Waals surface area (Å²) in [5.74, 6) is 1.23. The molecule has 4 rings (SSSR count). The maximum atomic E-state index is 12.5. The second-order valence-corrected chi connectivity index (χ2v) is 9.23. The summed E-state index contributed by atoms with van der Waals surface area (Å²) >= 11 is 7.56. The van der Waals surface area contributed by atoms with Crippen molar-refractivity contribution in [1.29, 1.82) is 0 Å². The number of morpholine rings is 1. The van der Waals surface area contributed by atoms with E-state index in [0.29, 0.717) is 29.6 Å². The first-order valence-electron chi connectivity index (χ1n) is 10.7. The molecule has 1 aliphatic heterocycles. The third-order valence-corrected chi connectivity index (χ3v) is 6.82. The predicted octanol–water partition coefficient (Wildman–Crippen LogP) is 4.30. The Labute approximate surface area is 196 Å². The number of aryl methyl sites for hydroxylation is 1. The van der Waals surface area contributed by atoms with Gasteiger partial charge in [-0.25, -0.2) is 14.8 Å². The summed E-state index contributed by atoms with van der Waals surface area (Å²) < 4.78 is 10.7. The summed E-state index contributed by atoms with van der Waals surface area (Å²) in [6, 6.07) is 7.80. The molecule has 0 atom stereocenters. The zero-order valence-corrected chi connectivity index (χ0v) is 20.1. The number of halogens is 1. The SMILES string of the molecule is CCOC(=O)c1sc2nc(CN3CCOCC3)nc(N(C)Cc3cccc(Cl)c3)c2c1C. The molecule has 3 aromatic rings. The fourth-order valence-corrected chi connectivity index (χ4v) is 5.14. The van der Waals surface area contributed by atoms with Gasteiger partial charge in [0.1, 0.15) is 21.3 Å². The maximum Gasteiger partial charge on any atom is 0.348 e. The van der Waals surface area contributed by atoms with Crippen molar-refractivity contribution in [3.05, 3.63) is 51.1 Å². The number of carbonyl (C=O) groups excluding carboxylic acids is 1. The molecular weight excluding hydrogens is 448 g/mol. The largest absolute Gasteiger partial charge is 0.462 e. The smallest absolute Gasteiger partial charge is 0.348 e. The van der Waals surface area contributed by atoms with Gasteiger partial charge >= 0.3 is 5.97 Å². The Morgan fingerprint density at radius 3 is 2.81 bits per heavy atom. The van der Waals surface area contributed by atoms with Crippen molar-refractivity contribution in [3.63, 3.8) is 0 Å². The average Bonchev–Trinajstić information content (AvgIpc) is 3.10. The number of carbonyl (C=O) groups is 1. The number of fused-ring (bicyclic) bond motifs is 1. The Balaban J connectivity index is 1.74. The monoisotopic (exact) mass is 474 g/mol. The fourth-order valence-electron chi connectivity index (χ4n) is 3.84. The Morgan fingerprint density at radius 2 is 2.09 bits per heavy atom. The quantitative estimate of drug-likeness (QED) is 0.473. The van der Waals surface area contributed by atoms with Crippen molar-refractivity contribution in [2.24, 2.45) is 0 Å². The number of benzene rings is 1. The molecule has 0 amide bonds. The van der Waals surface area contributed by atoms with E-state index in [-0.39, 0.29) is 5.97 Å². The molecule has 0 spiro atoms. The van der Waals surface area contributed by atoms with Gasteiger partial charge in [-0.3, -0.25) is 4.90 Å². The molecule has 1 fully saturated rings. The van der Waals surface area contributed by atoms with Crippen LogP contribution in [0.15, 0.2) is 24.3 Å². The molecule has 9 heteroatoms. The lowest BCUT2D eigenvalue weighted by Crippen LogP contribution is -2.36. The van der Waals surface area contributed by atoms with E-state index in [9.17, 15) is 4.79 Å². The van der Waals surface area contributed by atoms with Crippen LogP contribution >= 0.6 is 22.9 Å². The molecule has 1 aromatic carbocycles. The number of anilines is 1. The van der Waals surface area contributed by atoms with Crippen molar-refractivity contribution in [2.45, 2.75) is 26.9 Å². The number of hydrogen-bond donors (Lipinski definition) is 0. The zero-order valence-electron chi connectivity index (χ0n) is 18.6. The highest BCUT2D eigenvalue weighted by molar-refractivity contribution is 7.20. The second-order valence-electron chi connectivity index (χ2n) is 7.79. The minimum atomic E-state index is -0.314. The van der Waals surface area contributed by atoms with Crippen LogP contribution in [0, 0.1) is 6.92 Å². The molecule has 0 bridgehead atoms. The van der Waals surface area contributed by atoms with Gasteiger partial charge in [-0.05, 0) is 37.1 Å². The minimum Gasteiger partial charge on any atom is -0.462 e. The van der Waals surface area contributed by atoms with Crippen LogP contribution in [-0.4, -0.2) is 60.8 Å². The molecular formula is C23H27ClN4O3S. The standard InChI is InChI=1S/C23H27ClN4O3S/c1-4-31-23(29)20-15(2)19-21(27(3)13-16-6-5-7-17(24)12-16)25-18(26-22(19)32-20)14-28-8-10-30-11-9-28/h5-7,12H,4,8-11,13-14H2,1-3H3. The van der Waals surface area contributed by atoms with Crippen LogP contribution in [0.3, 0.4) is 0 Å². The highest BCUT2D eigenvalue weighted by Crippen LogP contribution is 2.36. The van der Waals surface area contributed by atoms with Gasteiger partial charge < -0.3 is 14.4 Å². The molecule has 0 radical (unpaired) electrons. The van der Waals surface area contributed by atoms with Gasteiger partial charge in [-0.15, -0.1) is 11.3 Å².